The highest BCUT2D eigenvalue weighted by Crippen LogP contribution is 2.31. The minimum absolute atomic E-state index is 0. The van der Waals surface area contributed by atoms with Crippen molar-refractivity contribution in [2.45, 2.75) is 19.0 Å². The van der Waals surface area contributed by atoms with Gasteiger partial charge in [-0.2, -0.15) is 0 Å². The number of aliphatic imine (C=N–C) groups is 1. The molecule has 1 heterocycles. The Morgan fingerprint density at radius 2 is 2.09 bits per heavy atom. The number of hydrogen-bond donors (Lipinski definition) is 2. The number of guanidine groups is 1. The highest BCUT2D eigenvalue weighted by atomic mass is 127. The van der Waals surface area contributed by atoms with E-state index in [1.807, 2.05) is 42.5 Å². The Morgan fingerprint density at radius 3 is 2.91 bits per heavy atom. The van der Waals surface area contributed by atoms with Crippen LogP contribution >= 0.6 is 39.9 Å². The third-order valence-corrected chi connectivity index (χ3v) is 4.09. The van der Waals surface area contributed by atoms with E-state index in [9.17, 15) is 0 Å². The van der Waals surface area contributed by atoms with Gasteiger partial charge in [-0.05, 0) is 23.8 Å². The van der Waals surface area contributed by atoms with E-state index in [0.717, 1.165) is 27.8 Å². The van der Waals surface area contributed by atoms with Crippen LogP contribution in [0.1, 0.15) is 23.6 Å². The van der Waals surface area contributed by atoms with Crippen LogP contribution in [0, 0.1) is 0 Å². The lowest BCUT2D eigenvalue weighted by Gasteiger charge is -2.26. The van der Waals surface area contributed by atoms with Gasteiger partial charge in [-0.15, -0.1) is 24.0 Å². The van der Waals surface area contributed by atoms with Crippen LogP contribution < -0.4 is 15.8 Å². The molecule has 1 aliphatic heterocycles. The molecule has 0 fully saturated rings. The second-order valence-electron chi connectivity index (χ2n) is 5.20. The summed E-state index contributed by atoms with van der Waals surface area (Å²) in [6.07, 6.45) is 0.879. The zero-order chi connectivity index (χ0) is 15.4. The maximum atomic E-state index is 6.03. The molecular weight excluding hydrogens is 469 g/mol. The van der Waals surface area contributed by atoms with Crippen LogP contribution in [0.15, 0.2) is 58.0 Å². The Labute approximate surface area is 161 Å². The first-order valence-corrected chi connectivity index (χ1v) is 8.04. The van der Waals surface area contributed by atoms with Gasteiger partial charge in [-0.1, -0.05) is 46.3 Å². The molecule has 0 saturated heterocycles. The molecule has 3 N–H and O–H groups in total. The van der Waals surface area contributed by atoms with Crippen LogP contribution in [0.5, 0.6) is 5.75 Å². The Hall–Kier alpha value is -1.28. The van der Waals surface area contributed by atoms with Gasteiger partial charge in [0.05, 0.1) is 19.2 Å². The van der Waals surface area contributed by atoms with E-state index in [2.05, 4.69) is 32.3 Å². The van der Waals surface area contributed by atoms with Gasteiger partial charge in [0.25, 0.3) is 0 Å². The summed E-state index contributed by atoms with van der Waals surface area (Å²) in [4.78, 5) is 4.42. The van der Waals surface area contributed by atoms with Gasteiger partial charge in [-0.25, -0.2) is 4.99 Å². The summed E-state index contributed by atoms with van der Waals surface area (Å²) in [5.74, 6) is 1.38. The molecule has 0 saturated carbocycles. The van der Waals surface area contributed by atoms with Gasteiger partial charge in [0, 0.05) is 16.5 Å². The lowest BCUT2D eigenvalue weighted by Crippen LogP contribution is -2.37. The van der Waals surface area contributed by atoms with Crippen LogP contribution in [0.25, 0.3) is 0 Å². The SMILES string of the molecule is I.NC(=NCc1cccc(Br)c1)NC1CCOc2ccccc21. The number of nitrogens with zero attached hydrogens (tertiary/aromatic N) is 1. The standard InChI is InChI=1S/C17H18BrN3O.HI/c18-13-5-3-4-12(10-13)11-20-17(19)21-15-8-9-22-16-7-2-1-6-14(15)16;/h1-7,10,15H,8-9,11H2,(H3,19,20,21);1H. The van der Waals surface area contributed by atoms with Crippen LogP contribution in [-0.4, -0.2) is 12.6 Å². The fourth-order valence-electron chi connectivity index (χ4n) is 2.53. The Bertz CT molecular complexity index is 693. The van der Waals surface area contributed by atoms with E-state index >= 15 is 0 Å². The van der Waals surface area contributed by atoms with Crippen molar-refractivity contribution in [1.29, 1.82) is 0 Å². The summed E-state index contributed by atoms with van der Waals surface area (Å²) in [5, 5.41) is 3.30. The molecule has 0 bridgehead atoms. The molecule has 0 aromatic heterocycles. The number of fused-ring (bicyclic) bond motifs is 1. The summed E-state index contributed by atoms with van der Waals surface area (Å²) in [5.41, 5.74) is 8.28. The minimum atomic E-state index is 0. The van der Waals surface area contributed by atoms with Crippen molar-refractivity contribution >= 4 is 45.9 Å². The Balaban J connectivity index is 0.00000192. The maximum absolute atomic E-state index is 6.03. The summed E-state index contributed by atoms with van der Waals surface area (Å²) < 4.78 is 6.70. The van der Waals surface area contributed by atoms with Crippen molar-refractivity contribution < 1.29 is 4.74 Å². The zero-order valence-electron chi connectivity index (χ0n) is 12.5. The Morgan fingerprint density at radius 1 is 1.26 bits per heavy atom. The van der Waals surface area contributed by atoms with Gasteiger partial charge in [0.2, 0.25) is 0 Å². The van der Waals surface area contributed by atoms with Crippen molar-refractivity contribution in [1.82, 2.24) is 5.32 Å². The highest BCUT2D eigenvalue weighted by Gasteiger charge is 2.21. The van der Waals surface area contributed by atoms with Gasteiger partial charge in [0.15, 0.2) is 5.96 Å². The predicted octanol–water partition coefficient (Wildman–Crippen LogP) is 4.00. The third-order valence-electron chi connectivity index (χ3n) is 3.60. The van der Waals surface area contributed by atoms with Crippen molar-refractivity contribution in [3.8, 4) is 5.75 Å². The second-order valence-corrected chi connectivity index (χ2v) is 6.12. The van der Waals surface area contributed by atoms with Crippen LogP contribution in [-0.2, 0) is 6.54 Å². The molecule has 1 aliphatic rings. The molecule has 0 amide bonds. The molecule has 0 aliphatic carbocycles. The largest absolute Gasteiger partial charge is 0.493 e. The third kappa shape index (κ3) is 4.84. The van der Waals surface area contributed by atoms with E-state index in [1.165, 1.54) is 0 Å². The molecule has 23 heavy (non-hydrogen) atoms. The Kier molecular flexibility index (Phi) is 6.71. The quantitative estimate of drug-likeness (QED) is 0.391. The van der Waals surface area contributed by atoms with E-state index < -0.39 is 0 Å². The fraction of sp³-hybridized carbons (Fsp3) is 0.235. The summed E-state index contributed by atoms with van der Waals surface area (Å²) >= 11 is 3.46. The molecular formula is C17H19BrIN3O. The maximum Gasteiger partial charge on any atom is 0.189 e. The molecule has 0 spiro atoms. The molecule has 1 atom stereocenters. The number of para-hydroxylation sites is 1. The molecule has 0 radical (unpaired) electrons. The predicted molar refractivity (Wildman–Crippen MR) is 107 cm³/mol. The average Bonchev–Trinajstić information content (AvgIpc) is 2.53. The van der Waals surface area contributed by atoms with Crippen molar-refractivity contribution in [2.24, 2.45) is 10.7 Å². The lowest BCUT2D eigenvalue weighted by molar-refractivity contribution is 0.262. The smallest absolute Gasteiger partial charge is 0.189 e. The zero-order valence-corrected chi connectivity index (χ0v) is 16.5. The number of nitrogens with two attached hydrogens (primary N) is 1. The van der Waals surface area contributed by atoms with Crippen LogP contribution in [0.2, 0.25) is 0 Å². The monoisotopic (exact) mass is 487 g/mol. The van der Waals surface area contributed by atoms with E-state index in [1.54, 1.807) is 0 Å². The van der Waals surface area contributed by atoms with Gasteiger partial charge >= 0.3 is 0 Å². The number of nitrogens with one attached hydrogen (secondary N) is 1. The van der Waals surface area contributed by atoms with E-state index in [0.29, 0.717) is 19.1 Å². The van der Waals surface area contributed by atoms with Gasteiger partial charge in [0.1, 0.15) is 5.75 Å². The molecule has 4 nitrogen and oxygen atoms in total. The number of halogens is 2. The van der Waals surface area contributed by atoms with E-state index in [4.69, 9.17) is 10.5 Å². The second kappa shape index (κ2) is 8.54. The average molecular weight is 488 g/mol. The molecule has 6 heteroatoms. The lowest BCUT2D eigenvalue weighted by atomic mass is 10.0. The summed E-state index contributed by atoms with van der Waals surface area (Å²) in [6.45, 7) is 1.25. The molecule has 2 aromatic rings. The normalized spacial score (nSPS) is 16.7. The van der Waals surface area contributed by atoms with Crippen LogP contribution in [0.3, 0.4) is 0 Å². The minimum Gasteiger partial charge on any atom is -0.493 e. The van der Waals surface area contributed by atoms with Crippen molar-refractivity contribution in [2.75, 3.05) is 6.61 Å². The van der Waals surface area contributed by atoms with Crippen molar-refractivity contribution in [3.05, 3.63) is 64.1 Å². The molecule has 122 valence electrons. The molecule has 2 aromatic carbocycles. The molecule has 3 rings (SSSR count). The highest BCUT2D eigenvalue weighted by molar-refractivity contribution is 14.0. The summed E-state index contributed by atoms with van der Waals surface area (Å²) in [6, 6.07) is 16.2. The first-order chi connectivity index (χ1) is 10.7. The number of benzene rings is 2. The topological polar surface area (TPSA) is 59.6 Å². The first-order valence-electron chi connectivity index (χ1n) is 7.25. The summed E-state index contributed by atoms with van der Waals surface area (Å²) in [7, 11) is 0. The van der Waals surface area contributed by atoms with Gasteiger partial charge in [-0.3, -0.25) is 0 Å². The number of rotatable bonds is 3. The number of hydrogen-bond acceptors (Lipinski definition) is 2. The van der Waals surface area contributed by atoms with Crippen LogP contribution in [0.4, 0.5) is 0 Å². The molecule has 1 unspecified atom stereocenters. The fourth-order valence-corrected chi connectivity index (χ4v) is 2.97. The number of ether oxygens (including phenoxy) is 1. The first kappa shape index (κ1) is 18.1. The van der Waals surface area contributed by atoms with Crippen molar-refractivity contribution in [3.63, 3.8) is 0 Å². The van der Waals surface area contributed by atoms with E-state index in [-0.39, 0.29) is 30.0 Å². The van der Waals surface area contributed by atoms with Gasteiger partial charge < -0.3 is 15.8 Å².